The number of halogens is 1. The van der Waals surface area contributed by atoms with Crippen molar-refractivity contribution in [3.63, 3.8) is 0 Å². The van der Waals surface area contributed by atoms with Gasteiger partial charge in [0, 0.05) is 36.1 Å². The molecule has 0 unspecified atom stereocenters. The maximum absolute atomic E-state index is 12.0. The fourth-order valence-corrected chi connectivity index (χ4v) is 2.42. The first-order valence-electron chi connectivity index (χ1n) is 6.64. The Bertz CT molecular complexity index is 562. The Hall–Kier alpha value is -1.89. The molecule has 0 spiro atoms. The Balaban J connectivity index is 1.86. The highest BCUT2D eigenvalue weighted by molar-refractivity contribution is 9.10. The molecule has 7 heteroatoms. The van der Waals surface area contributed by atoms with Crippen molar-refractivity contribution in [3.8, 4) is 0 Å². The van der Waals surface area contributed by atoms with Crippen molar-refractivity contribution in [2.75, 3.05) is 26.2 Å². The summed E-state index contributed by atoms with van der Waals surface area (Å²) in [4.78, 5) is 36.8. The van der Waals surface area contributed by atoms with E-state index in [2.05, 4.69) is 26.6 Å². The maximum Gasteiger partial charge on any atom is 0.251 e. The summed E-state index contributed by atoms with van der Waals surface area (Å²) >= 11 is 3.29. The minimum atomic E-state index is -0.298. The van der Waals surface area contributed by atoms with Crippen LogP contribution in [0.25, 0.3) is 0 Å². The number of nitrogens with zero attached hydrogens (tertiary/aromatic N) is 1. The lowest BCUT2D eigenvalue weighted by atomic mass is 10.2. The van der Waals surface area contributed by atoms with E-state index in [1.54, 1.807) is 23.1 Å². The molecule has 1 aliphatic rings. The molecule has 0 bridgehead atoms. The van der Waals surface area contributed by atoms with Crippen molar-refractivity contribution >= 4 is 33.7 Å². The fourth-order valence-electron chi connectivity index (χ4n) is 2.02. The van der Waals surface area contributed by atoms with E-state index in [9.17, 15) is 14.4 Å². The third-order valence-corrected chi connectivity index (χ3v) is 3.65. The standard InChI is InChI=1S/C14H16BrN3O3/c15-11-3-1-2-10(8-11)14(21)17-9-13(20)18-6-4-12(19)16-5-7-18/h1-3,8H,4-7,9H2,(H,16,19)(H,17,21). The average molecular weight is 354 g/mol. The Morgan fingerprint density at radius 3 is 2.90 bits per heavy atom. The van der Waals surface area contributed by atoms with Gasteiger partial charge in [0.15, 0.2) is 0 Å². The number of amides is 3. The van der Waals surface area contributed by atoms with Crippen LogP contribution in [-0.2, 0) is 9.59 Å². The van der Waals surface area contributed by atoms with Gasteiger partial charge in [0.2, 0.25) is 11.8 Å². The summed E-state index contributed by atoms with van der Waals surface area (Å²) in [6.45, 7) is 1.23. The van der Waals surface area contributed by atoms with Gasteiger partial charge in [-0.3, -0.25) is 14.4 Å². The predicted molar refractivity (Wildman–Crippen MR) is 80.7 cm³/mol. The third-order valence-electron chi connectivity index (χ3n) is 3.15. The molecule has 0 saturated carbocycles. The molecule has 21 heavy (non-hydrogen) atoms. The molecule has 1 aliphatic heterocycles. The highest BCUT2D eigenvalue weighted by Crippen LogP contribution is 2.11. The van der Waals surface area contributed by atoms with E-state index in [0.717, 1.165) is 4.47 Å². The van der Waals surface area contributed by atoms with E-state index >= 15 is 0 Å². The Morgan fingerprint density at radius 1 is 1.33 bits per heavy atom. The summed E-state index contributed by atoms with van der Waals surface area (Å²) in [5, 5.41) is 5.30. The SMILES string of the molecule is O=C1CCN(C(=O)CNC(=O)c2cccc(Br)c2)CCN1. The van der Waals surface area contributed by atoms with Crippen LogP contribution in [0.2, 0.25) is 0 Å². The van der Waals surface area contributed by atoms with E-state index in [-0.39, 0.29) is 24.3 Å². The Kier molecular flexibility index (Phi) is 5.32. The number of rotatable bonds is 3. The largest absolute Gasteiger partial charge is 0.354 e. The molecule has 1 aromatic carbocycles. The van der Waals surface area contributed by atoms with Crippen LogP contribution in [0.3, 0.4) is 0 Å². The van der Waals surface area contributed by atoms with Crippen LogP contribution in [0.15, 0.2) is 28.7 Å². The molecule has 1 heterocycles. The van der Waals surface area contributed by atoms with Crippen molar-refractivity contribution in [1.82, 2.24) is 15.5 Å². The number of benzene rings is 1. The van der Waals surface area contributed by atoms with E-state index in [0.29, 0.717) is 31.6 Å². The van der Waals surface area contributed by atoms with Gasteiger partial charge >= 0.3 is 0 Å². The quantitative estimate of drug-likeness (QED) is 0.831. The fraction of sp³-hybridized carbons (Fsp3) is 0.357. The smallest absolute Gasteiger partial charge is 0.251 e. The van der Waals surface area contributed by atoms with E-state index in [1.165, 1.54) is 0 Å². The van der Waals surface area contributed by atoms with Gasteiger partial charge in [-0.1, -0.05) is 22.0 Å². The first-order valence-corrected chi connectivity index (χ1v) is 7.44. The lowest BCUT2D eigenvalue weighted by Crippen LogP contribution is -2.41. The zero-order valence-corrected chi connectivity index (χ0v) is 13.0. The Morgan fingerprint density at radius 2 is 2.14 bits per heavy atom. The molecule has 3 amide bonds. The second-order valence-corrected chi connectivity index (χ2v) is 5.59. The van der Waals surface area contributed by atoms with Crippen LogP contribution in [0.1, 0.15) is 16.8 Å². The lowest BCUT2D eigenvalue weighted by Gasteiger charge is -2.19. The third kappa shape index (κ3) is 4.56. The second-order valence-electron chi connectivity index (χ2n) is 4.67. The molecular weight excluding hydrogens is 338 g/mol. The molecule has 1 aromatic rings. The molecule has 6 nitrogen and oxygen atoms in total. The topological polar surface area (TPSA) is 78.5 Å². The summed E-state index contributed by atoms with van der Waals surface area (Å²) in [6.07, 6.45) is 0.297. The van der Waals surface area contributed by atoms with Crippen LogP contribution in [0.4, 0.5) is 0 Å². The predicted octanol–water partition coefficient (Wildman–Crippen LogP) is 0.527. The molecular formula is C14H16BrN3O3. The molecule has 1 saturated heterocycles. The minimum Gasteiger partial charge on any atom is -0.354 e. The highest BCUT2D eigenvalue weighted by atomic mass is 79.9. The summed E-state index contributed by atoms with van der Waals surface area (Å²) < 4.78 is 0.804. The molecule has 0 aromatic heterocycles. The molecule has 112 valence electrons. The van der Waals surface area contributed by atoms with Crippen LogP contribution in [-0.4, -0.2) is 48.8 Å². The average Bonchev–Trinajstić information content (AvgIpc) is 2.69. The van der Waals surface area contributed by atoms with Crippen LogP contribution in [0.5, 0.6) is 0 Å². The summed E-state index contributed by atoms with van der Waals surface area (Å²) in [7, 11) is 0. The minimum absolute atomic E-state index is 0.0523. The van der Waals surface area contributed by atoms with Gasteiger partial charge in [0.25, 0.3) is 5.91 Å². The van der Waals surface area contributed by atoms with E-state index < -0.39 is 0 Å². The van der Waals surface area contributed by atoms with Gasteiger partial charge in [-0.25, -0.2) is 0 Å². The summed E-state index contributed by atoms with van der Waals surface area (Å²) in [6, 6.07) is 6.95. The molecule has 2 N–H and O–H groups in total. The summed E-state index contributed by atoms with van der Waals surface area (Å²) in [5.41, 5.74) is 0.491. The monoisotopic (exact) mass is 353 g/mol. The van der Waals surface area contributed by atoms with Crippen molar-refractivity contribution in [3.05, 3.63) is 34.3 Å². The van der Waals surface area contributed by atoms with Gasteiger partial charge in [-0.05, 0) is 18.2 Å². The van der Waals surface area contributed by atoms with Gasteiger partial charge in [0.1, 0.15) is 0 Å². The number of hydrogen-bond acceptors (Lipinski definition) is 3. The van der Waals surface area contributed by atoms with Gasteiger partial charge in [0.05, 0.1) is 6.54 Å². The van der Waals surface area contributed by atoms with Gasteiger partial charge < -0.3 is 15.5 Å². The molecule has 1 fully saturated rings. The van der Waals surface area contributed by atoms with Crippen molar-refractivity contribution in [1.29, 1.82) is 0 Å². The zero-order valence-electron chi connectivity index (χ0n) is 11.4. The number of hydrogen-bond donors (Lipinski definition) is 2. The number of nitrogens with one attached hydrogen (secondary N) is 2. The first-order chi connectivity index (χ1) is 10.1. The van der Waals surface area contributed by atoms with Gasteiger partial charge in [-0.2, -0.15) is 0 Å². The van der Waals surface area contributed by atoms with Crippen LogP contribution < -0.4 is 10.6 Å². The molecule has 2 rings (SSSR count). The molecule has 0 radical (unpaired) electrons. The van der Waals surface area contributed by atoms with Gasteiger partial charge in [-0.15, -0.1) is 0 Å². The normalized spacial score (nSPS) is 15.1. The molecule has 0 aliphatic carbocycles. The van der Waals surface area contributed by atoms with Crippen molar-refractivity contribution < 1.29 is 14.4 Å². The number of carbonyl (C=O) groups is 3. The van der Waals surface area contributed by atoms with Crippen molar-refractivity contribution in [2.24, 2.45) is 0 Å². The second kappa shape index (κ2) is 7.21. The Labute approximate surface area is 131 Å². The van der Waals surface area contributed by atoms with Crippen LogP contribution in [0, 0.1) is 0 Å². The van der Waals surface area contributed by atoms with E-state index in [1.807, 2.05) is 6.07 Å². The van der Waals surface area contributed by atoms with Crippen LogP contribution >= 0.6 is 15.9 Å². The van der Waals surface area contributed by atoms with E-state index in [4.69, 9.17) is 0 Å². The maximum atomic E-state index is 12.0. The lowest BCUT2D eigenvalue weighted by molar-refractivity contribution is -0.130. The first kappa shape index (κ1) is 15.5. The number of carbonyl (C=O) groups excluding carboxylic acids is 3. The molecule has 0 atom stereocenters. The zero-order chi connectivity index (χ0) is 15.2. The summed E-state index contributed by atoms with van der Waals surface area (Å²) in [5.74, 6) is -0.535. The highest BCUT2D eigenvalue weighted by Gasteiger charge is 2.18. The van der Waals surface area contributed by atoms with Crippen molar-refractivity contribution in [2.45, 2.75) is 6.42 Å².